The number of unbranched alkanes of at least 4 members (excludes halogenated alkanes) is 15. The van der Waals surface area contributed by atoms with Crippen LogP contribution < -0.4 is 0 Å². The Morgan fingerprint density at radius 3 is 1.48 bits per heavy atom. The Morgan fingerprint density at radius 2 is 1.14 bits per heavy atom. The van der Waals surface area contributed by atoms with Gasteiger partial charge in [-0.15, -0.1) is 11.3 Å². The molecule has 0 spiro atoms. The average Bonchev–Trinajstić information content (AvgIpc) is 3.29. The fourth-order valence-electron chi connectivity index (χ4n) is 3.99. The van der Waals surface area contributed by atoms with Gasteiger partial charge in [0.2, 0.25) is 0 Å². The first-order valence-corrected chi connectivity index (χ1v) is 13.9. The molecule has 2 heteroatoms. The molecule has 0 saturated carbocycles. The fourth-order valence-corrected chi connectivity index (χ4v) is 4.74. The number of hydrogen-bond acceptors (Lipinski definition) is 2. The summed E-state index contributed by atoms with van der Waals surface area (Å²) < 4.78 is 5.07. The smallest absolute Gasteiger partial charge is 0.0466 e. The van der Waals surface area contributed by atoms with E-state index in [1.54, 1.807) is 4.88 Å². The van der Waals surface area contributed by atoms with E-state index in [2.05, 4.69) is 24.4 Å². The maximum atomic E-state index is 5.07. The molecule has 0 amide bonds. The molecule has 1 aliphatic heterocycles. The molecule has 2 rings (SSSR count). The van der Waals surface area contributed by atoms with E-state index in [1.165, 1.54) is 128 Å². The fraction of sp³-hybridized carbons (Fsp3) is 0.852. The topological polar surface area (TPSA) is 9.23 Å². The molecule has 1 saturated heterocycles. The molecule has 0 N–H and O–H groups in total. The van der Waals surface area contributed by atoms with E-state index >= 15 is 0 Å². The molecular formula is C27H50OS. The Morgan fingerprint density at radius 1 is 0.655 bits per heavy atom. The van der Waals surface area contributed by atoms with Crippen LogP contribution in [0.4, 0.5) is 0 Å². The van der Waals surface area contributed by atoms with Gasteiger partial charge in [-0.25, -0.2) is 0 Å². The van der Waals surface area contributed by atoms with Crippen LogP contribution in [0.2, 0.25) is 0 Å². The predicted octanol–water partition coefficient (Wildman–Crippen LogP) is 9.74. The highest BCUT2D eigenvalue weighted by molar-refractivity contribution is 7.09. The zero-order valence-electron chi connectivity index (χ0n) is 19.6. The highest BCUT2D eigenvalue weighted by Gasteiger charge is 1.96. The molecular weight excluding hydrogens is 372 g/mol. The first kappa shape index (κ1) is 26.7. The van der Waals surface area contributed by atoms with Crippen molar-refractivity contribution in [3.8, 4) is 0 Å². The van der Waals surface area contributed by atoms with Gasteiger partial charge in [0.25, 0.3) is 0 Å². The summed E-state index contributed by atoms with van der Waals surface area (Å²) in [4.78, 5) is 1.57. The Hall–Kier alpha value is -0.340. The van der Waals surface area contributed by atoms with Gasteiger partial charge in [-0.05, 0) is 43.6 Å². The molecule has 170 valence electrons. The van der Waals surface area contributed by atoms with Gasteiger partial charge in [0.15, 0.2) is 0 Å². The van der Waals surface area contributed by atoms with Crippen LogP contribution >= 0.6 is 11.3 Å². The lowest BCUT2D eigenvalue weighted by molar-refractivity contribution is 0.0968. The molecule has 0 aliphatic carbocycles. The van der Waals surface area contributed by atoms with Gasteiger partial charge < -0.3 is 4.74 Å². The van der Waals surface area contributed by atoms with Crippen LogP contribution in [-0.4, -0.2) is 13.2 Å². The summed E-state index contributed by atoms with van der Waals surface area (Å²) in [5.41, 5.74) is 0. The third kappa shape index (κ3) is 19.4. The lowest BCUT2D eigenvalue weighted by atomic mass is 10.0. The van der Waals surface area contributed by atoms with Crippen molar-refractivity contribution in [1.29, 1.82) is 0 Å². The number of thiophene rings is 1. The third-order valence-corrected chi connectivity index (χ3v) is 6.87. The maximum Gasteiger partial charge on any atom is 0.0466 e. The summed E-state index contributed by atoms with van der Waals surface area (Å²) in [6.07, 6.45) is 28.5. The Bertz CT molecular complexity index is 385. The van der Waals surface area contributed by atoms with Crippen LogP contribution in [0.5, 0.6) is 0 Å². The van der Waals surface area contributed by atoms with Crippen LogP contribution in [0.15, 0.2) is 17.5 Å². The standard InChI is InChI=1S/C22H40S.C5H10O/c1-2-3-4-5-6-7-8-9-10-11-12-13-14-15-16-17-19-22-20-18-21-23-22;1-2-4-6-5-3-1/h18,20-21H,2-17,19H2,1H3;1-5H2. The van der Waals surface area contributed by atoms with Crippen LogP contribution in [0.3, 0.4) is 0 Å². The van der Waals surface area contributed by atoms with E-state index in [4.69, 9.17) is 4.74 Å². The van der Waals surface area contributed by atoms with Crippen molar-refractivity contribution in [3.63, 3.8) is 0 Å². The lowest BCUT2D eigenvalue weighted by Gasteiger charge is -2.08. The van der Waals surface area contributed by atoms with Crippen LogP contribution in [-0.2, 0) is 11.2 Å². The molecule has 1 aromatic rings. The monoisotopic (exact) mass is 422 g/mol. The van der Waals surface area contributed by atoms with Gasteiger partial charge in [0.1, 0.15) is 0 Å². The predicted molar refractivity (Wildman–Crippen MR) is 132 cm³/mol. The Kier molecular flexibility index (Phi) is 20.6. The SMILES string of the molecule is C1CCOCC1.CCCCCCCCCCCCCCCCCCc1cccs1. The summed E-state index contributed by atoms with van der Waals surface area (Å²) in [6, 6.07) is 4.45. The molecule has 0 radical (unpaired) electrons. The number of ether oxygens (including phenoxy) is 1. The summed E-state index contributed by atoms with van der Waals surface area (Å²) in [6.45, 7) is 4.30. The molecule has 0 bridgehead atoms. The van der Waals surface area contributed by atoms with E-state index in [0.717, 1.165) is 13.2 Å². The lowest BCUT2D eigenvalue weighted by Crippen LogP contribution is -2.03. The largest absolute Gasteiger partial charge is 0.381 e. The number of hydrogen-bond donors (Lipinski definition) is 0. The minimum Gasteiger partial charge on any atom is -0.381 e. The Balaban J connectivity index is 0.000000594. The van der Waals surface area contributed by atoms with Gasteiger partial charge >= 0.3 is 0 Å². The van der Waals surface area contributed by atoms with Gasteiger partial charge in [-0.3, -0.25) is 0 Å². The molecule has 1 aromatic heterocycles. The summed E-state index contributed by atoms with van der Waals surface area (Å²) in [7, 11) is 0. The van der Waals surface area contributed by atoms with E-state index in [-0.39, 0.29) is 0 Å². The Labute approximate surface area is 187 Å². The van der Waals surface area contributed by atoms with Gasteiger partial charge in [-0.1, -0.05) is 109 Å². The van der Waals surface area contributed by atoms with Crippen LogP contribution in [0.1, 0.15) is 134 Å². The quantitative estimate of drug-likeness (QED) is 0.227. The first-order chi connectivity index (χ1) is 14.4. The van der Waals surface area contributed by atoms with Crippen LogP contribution in [0.25, 0.3) is 0 Å². The van der Waals surface area contributed by atoms with Crippen molar-refractivity contribution in [3.05, 3.63) is 22.4 Å². The minimum atomic E-state index is 1.00. The summed E-state index contributed by atoms with van der Waals surface area (Å²) >= 11 is 1.91. The molecule has 0 aromatic carbocycles. The maximum absolute atomic E-state index is 5.07. The second-order valence-corrected chi connectivity index (χ2v) is 9.84. The highest BCUT2D eigenvalue weighted by Crippen LogP contribution is 2.16. The molecule has 2 heterocycles. The van der Waals surface area contributed by atoms with Crippen molar-refractivity contribution in [1.82, 2.24) is 0 Å². The third-order valence-electron chi connectivity index (χ3n) is 5.93. The second kappa shape index (κ2) is 22.3. The van der Waals surface area contributed by atoms with E-state index in [9.17, 15) is 0 Å². The van der Waals surface area contributed by atoms with Gasteiger partial charge in [-0.2, -0.15) is 0 Å². The molecule has 1 nitrogen and oxygen atoms in total. The number of aryl methyl sites for hydroxylation is 1. The minimum absolute atomic E-state index is 1.00. The van der Waals surface area contributed by atoms with Crippen molar-refractivity contribution >= 4 is 11.3 Å². The van der Waals surface area contributed by atoms with E-state index < -0.39 is 0 Å². The zero-order chi connectivity index (χ0) is 20.7. The number of rotatable bonds is 17. The van der Waals surface area contributed by atoms with Crippen molar-refractivity contribution < 1.29 is 4.74 Å². The van der Waals surface area contributed by atoms with Gasteiger partial charge in [0.05, 0.1) is 0 Å². The first-order valence-electron chi connectivity index (χ1n) is 13.0. The zero-order valence-corrected chi connectivity index (χ0v) is 20.4. The highest BCUT2D eigenvalue weighted by atomic mass is 32.1. The summed E-state index contributed by atoms with van der Waals surface area (Å²) in [5.74, 6) is 0. The summed E-state index contributed by atoms with van der Waals surface area (Å²) in [5, 5.41) is 2.20. The van der Waals surface area contributed by atoms with Crippen LogP contribution in [0, 0.1) is 0 Å². The van der Waals surface area contributed by atoms with E-state index in [0.29, 0.717) is 0 Å². The molecule has 1 aliphatic rings. The molecule has 1 fully saturated rings. The van der Waals surface area contributed by atoms with Gasteiger partial charge in [0, 0.05) is 18.1 Å². The average molecular weight is 423 g/mol. The second-order valence-electron chi connectivity index (χ2n) is 8.81. The van der Waals surface area contributed by atoms with Crippen molar-refractivity contribution in [2.75, 3.05) is 13.2 Å². The molecule has 0 atom stereocenters. The van der Waals surface area contributed by atoms with Crippen molar-refractivity contribution in [2.45, 2.75) is 135 Å². The van der Waals surface area contributed by atoms with Crippen molar-refractivity contribution in [2.24, 2.45) is 0 Å². The van der Waals surface area contributed by atoms with E-state index in [1.807, 2.05) is 11.3 Å². The molecule has 29 heavy (non-hydrogen) atoms. The normalized spacial score (nSPS) is 13.8. The molecule has 0 unspecified atom stereocenters.